The molecule has 0 radical (unpaired) electrons. The number of benzene rings is 2. The lowest BCUT2D eigenvalue weighted by atomic mass is 10.0. The van der Waals surface area contributed by atoms with Crippen LogP contribution < -0.4 is 15.4 Å². The van der Waals surface area contributed by atoms with Crippen LogP contribution in [0.3, 0.4) is 0 Å². The van der Waals surface area contributed by atoms with Gasteiger partial charge in [0.25, 0.3) is 5.91 Å². The molecule has 10 heteroatoms. The monoisotopic (exact) mass is 457 g/mol. The van der Waals surface area contributed by atoms with Crippen LogP contribution in [-0.2, 0) is 14.8 Å². The normalized spacial score (nSPS) is 20.0. The summed E-state index contributed by atoms with van der Waals surface area (Å²) in [6.07, 6.45) is 0.587. The standard InChI is InChI=1S/C19H21Cl2N3O4S/c1-29(26,27)24-16-5-3-2-4-13(16)19(25)23-17-11-22-8-9-28-18(17)12-6-7-14(20)15(21)10-12/h2-7,10,17-18,22,24H,8-9,11H2,1H3,(H,23,25)/t17-,18+/m1/s1. The maximum atomic E-state index is 13.0. The zero-order valence-corrected chi connectivity index (χ0v) is 17.9. The van der Waals surface area contributed by atoms with Gasteiger partial charge < -0.3 is 15.4 Å². The summed E-state index contributed by atoms with van der Waals surface area (Å²) in [5.41, 5.74) is 1.21. The lowest BCUT2D eigenvalue weighted by molar-refractivity contribution is 0.0417. The Morgan fingerprint density at radius 1 is 1.17 bits per heavy atom. The molecule has 0 aliphatic carbocycles. The summed E-state index contributed by atoms with van der Waals surface area (Å²) in [7, 11) is -3.53. The maximum absolute atomic E-state index is 13.0. The van der Waals surface area contributed by atoms with Crippen LogP contribution in [0, 0.1) is 0 Å². The fraction of sp³-hybridized carbons (Fsp3) is 0.316. The molecule has 0 aromatic heterocycles. The van der Waals surface area contributed by atoms with Gasteiger partial charge in [-0.3, -0.25) is 9.52 Å². The van der Waals surface area contributed by atoms with Gasteiger partial charge in [0.15, 0.2) is 0 Å². The molecule has 1 aliphatic heterocycles. The maximum Gasteiger partial charge on any atom is 0.253 e. The van der Waals surface area contributed by atoms with E-state index < -0.39 is 28.1 Å². The van der Waals surface area contributed by atoms with E-state index in [1.165, 1.54) is 6.07 Å². The third-order valence-corrected chi connectivity index (χ3v) is 5.69. The molecular formula is C19H21Cl2N3O4S. The second-order valence-electron chi connectivity index (χ2n) is 6.67. The third-order valence-electron chi connectivity index (χ3n) is 4.36. The van der Waals surface area contributed by atoms with Crippen molar-refractivity contribution in [3.05, 3.63) is 63.6 Å². The quantitative estimate of drug-likeness (QED) is 0.641. The zero-order valence-electron chi connectivity index (χ0n) is 15.6. The van der Waals surface area contributed by atoms with E-state index in [1.807, 2.05) is 6.07 Å². The molecule has 1 saturated heterocycles. The predicted molar refractivity (Wildman–Crippen MR) is 114 cm³/mol. The Morgan fingerprint density at radius 3 is 2.66 bits per heavy atom. The van der Waals surface area contributed by atoms with Crippen LogP contribution in [0.25, 0.3) is 0 Å². The van der Waals surface area contributed by atoms with Gasteiger partial charge in [-0.25, -0.2) is 8.42 Å². The molecule has 1 fully saturated rings. The van der Waals surface area contributed by atoms with Gasteiger partial charge in [-0.1, -0.05) is 41.4 Å². The first-order valence-electron chi connectivity index (χ1n) is 8.89. The van der Waals surface area contributed by atoms with Crippen molar-refractivity contribution in [2.75, 3.05) is 30.7 Å². The van der Waals surface area contributed by atoms with Crippen molar-refractivity contribution < 1.29 is 17.9 Å². The number of rotatable bonds is 5. The highest BCUT2D eigenvalue weighted by Gasteiger charge is 2.29. The van der Waals surface area contributed by atoms with Crippen LogP contribution >= 0.6 is 23.2 Å². The van der Waals surface area contributed by atoms with Crippen molar-refractivity contribution in [3.8, 4) is 0 Å². The Labute approximate surface area is 179 Å². The highest BCUT2D eigenvalue weighted by Crippen LogP contribution is 2.30. The van der Waals surface area contributed by atoms with Gasteiger partial charge in [-0.05, 0) is 29.8 Å². The highest BCUT2D eigenvalue weighted by molar-refractivity contribution is 7.92. The molecule has 1 amide bonds. The van der Waals surface area contributed by atoms with Gasteiger partial charge in [-0.2, -0.15) is 0 Å². The molecule has 0 saturated carbocycles. The molecule has 3 N–H and O–H groups in total. The first-order valence-corrected chi connectivity index (χ1v) is 11.5. The number of hydrogen-bond donors (Lipinski definition) is 3. The van der Waals surface area contributed by atoms with Crippen molar-refractivity contribution in [2.24, 2.45) is 0 Å². The Morgan fingerprint density at radius 2 is 1.93 bits per heavy atom. The lowest BCUT2D eigenvalue weighted by Crippen LogP contribution is -2.45. The van der Waals surface area contributed by atoms with E-state index >= 15 is 0 Å². The molecule has 0 bridgehead atoms. The van der Waals surface area contributed by atoms with Crippen molar-refractivity contribution in [1.82, 2.24) is 10.6 Å². The van der Waals surface area contributed by atoms with Crippen molar-refractivity contribution in [1.29, 1.82) is 0 Å². The average Bonchev–Trinajstić information content (AvgIpc) is 2.88. The average molecular weight is 458 g/mol. The minimum absolute atomic E-state index is 0.209. The molecule has 156 valence electrons. The molecule has 3 rings (SSSR count). The first kappa shape index (κ1) is 21.9. The molecule has 0 unspecified atom stereocenters. The Hall–Kier alpha value is -1.84. The van der Waals surface area contributed by atoms with E-state index in [0.717, 1.165) is 11.8 Å². The van der Waals surface area contributed by atoms with Gasteiger partial charge in [0.1, 0.15) is 6.10 Å². The van der Waals surface area contributed by atoms with Crippen LogP contribution in [0.15, 0.2) is 42.5 Å². The Bertz CT molecular complexity index is 1000. The summed E-state index contributed by atoms with van der Waals surface area (Å²) in [6, 6.07) is 11.2. The molecule has 2 aromatic carbocycles. The summed E-state index contributed by atoms with van der Waals surface area (Å²) >= 11 is 12.2. The fourth-order valence-electron chi connectivity index (χ4n) is 3.10. The number of nitrogens with one attached hydrogen (secondary N) is 3. The Balaban J connectivity index is 1.86. The molecule has 2 atom stereocenters. The van der Waals surface area contributed by atoms with Gasteiger partial charge in [-0.15, -0.1) is 0 Å². The number of carbonyl (C=O) groups is 1. The molecule has 29 heavy (non-hydrogen) atoms. The van der Waals surface area contributed by atoms with E-state index in [9.17, 15) is 13.2 Å². The van der Waals surface area contributed by atoms with Gasteiger partial charge in [0, 0.05) is 13.1 Å². The summed E-state index contributed by atoms with van der Waals surface area (Å²) in [5, 5.41) is 7.00. The second-order valence-corrected chi connectivity index (χ2v) is 9.23. The number of hydrogen-bond acceptors (Lipinski definition) is 5. The molecule has 2 aromatic rings. The zero-order chi connectivity index (χ0) is 21.0. The van der Waals surface area contributed by atoms with Gasteiger partial charge in [0.2, 0.25) is 10.0 Å². The number of anilines is 1. The van der Waals surface area contributed by atoms with E-state index in [-0.39, 0.29) is 11.3 Å². The fourth-order valence-corrected chi connectivity index (χ4v) is 3.98. The molecule has 1 aliphatic rings. The number of halogens is 2. The van der Waals surface area contributed by atoms with Crippen LogP contribution in [0.5, 0.6) is 0 Å². The lowest BCUT2D eigenvalue weighted by Gasteiger charge is -2.26. The van der Waals surface area contributed by atoms with Crippen molar-refractivity contribution in [2.45, 2.75) is 12.1 Å². The number of carbonyl (C=O) groups excluding carboxylic acids is 1. The predicted octanol–water partition coefficient (Wildman–Crippen LogP) is 2.82. The van der Waals surface area contributed by atoms with Gasteiger partial charge >= 0.3 is 0 Å². The molecule has 7 nitrogen and oxygen atoms in total. The topological polar surface area (TPSA) is 96.5 Å². The van der Waals surface area contributed by atoms with Crippen molar-refractivity contribution in [3.63, 3.8) is 0 Å². The minimum Gasteiger partial charge on any atom is -0.370 e. The van der Waals surface area contributed by atoms with Crippen LogP contribution in [0.1, 0.15) is 22.0 Å². The van der Waals surface area contributed by atoms with Crippen LogP contribution in [0.4, 0.5) is 5.69 Å². The second kappa shape index (κ2) is 9.32. The van der Waals surface area contributed by atoms with Crippen LogP contribution in [0.2, 0.25) is 10.0 Å². The summed E-state index contributed by atoms with van der Waals surface area (Å²) in [5.74, 6) is -0.417. The summed E-state index contributed by atoms with van der Waals surface area (Å²) < 4.78 is 31.5. The van der Waals surface area contributed by atoms with E-state index in [1.54, 1.807) is 30.3 Å². The molecular weight excluding hydrogens is 437 g/mol. The largest absolute Gasteiger partial charge is 0.370 e. The third kappa shape index (κ3) is 5.83. The SMILES string of the molecule is CS(=O)(=O)Nc1ccccc1C(=O)N[C@@H]1CNCCO[C@H]1c1ccc(Cl)c(Cl)c1. The Kier molecular flexibility index (Phi) is 7.02. The number of sulfonamides is 1. The van der Waals surface area contributed by atoms with E-state index in [4.69, 9.17) is 27.9 Å². The number of amides is 1. The molecule has 0 spiro atoms. The van der Waals surface area contributed by atoms with Crippen LogP contribution in [-0.4, -0.2) is 46.3 Å². The minimum atomic E-state index is -3.53. The summed E-state index contributed by atoms with van der Waals surface area (Å²) in [6.45, 7) is 1.57. The number of para-hydroxylation sites is 1. The van der Waals surface area contributed by atoms with Gasteiger partial charge in [0.05, 0.1) is 40.2 Å². The van der Waals surface area contributed by atoms with E-state index in [2.05, 4.69) is 15.4 Å². The highest BCUT2D eigenvalue weighted by atomic mass is 35.5. The smallest absolute Gasteiger partial charge is 0.253 e. The summed E-state index contributed by atoms with van der Waals surface area (Å²) in [4.78, 5) is 13.0. The number of ether oxygens (including phenoxy) is 1. The molecule has 1 heterocycles. The van der Waals surface area contributed by atoms with Crippen molar-refractivity contribution >= 4 is 44.8 Å². The first-order chi connectivity index (χ1) is 13.7. The van der Waals surface area contributed by atoms with E-state index in [0.29, 0.717) is 29.7 Å².